The van der Waals surface area contributed by atoms with Gasteiger partial charge in [0.2, 0.25) is 0 Å². The summed E-state index contributed by atoms with van der Waals surface area (Å²) in [7, 11) is -2.53. The SMILES string of the molecule is COC(=O)C(C1CC1)S(=O)(=O)c1cccc(Cl)c1. The molecule has 6 heteroatoms. The molecule has 1 fully saturated rings. The molecule has 98 valence electrons. The number of methoxy groups -OCH3 is 1. The Balaban J connectivity index is 2.42. The van der Waals surface area contributed by atoms with Crippen LogP contribution in [0, 0.1) is 5.92 Å². The van der Waals surface area contributed by atoms with Crippen LogP contribution in [0.5, 0.6) is 0 Å². The van der Waals surface area contributed by atoms with E-state index in [0.717, 1.165) is 12.8 Å². The second kappa shape index (κ2) is 4.90. The van der Waals surface area contributed by atoms with Crippen molar-refractivity contribution in [2.45, 2.75) is 23.0 Å². The van der Waals surface area contributed by atoms with Gasteiger partial charge in [-0.3, -0.25) is 4.79 Å². The van der Waals surface area contributed by atoms with E-state index in [1.807, 2.05) is 0 Å². The van der Waals surface area contributed by atoms with Crippen molar-refractivity contribution in [1.29, 1.82) is 0 Å². The zero-order valence-electron chi connectivity index (χ0n) is 9.80. The number of sulfone groups is 1. The Bertz CT molecular complexity index is 563. The number of hydrogen-bond acceptors (Lipinski definition) is 4. The summed E-state index contributed by atoms with van der Waals surface area (Å²) < 4.78 is 29.4. The standard InChI is InChI=1S/C12H13ClO4S/c1-17-12(14)11(8-5-6-8)18(15,16)10-4-2-3-9(13)7-10/h2-4,7-8,11H,5-6H2,1H3. The number of rotatable bonds is 4. The van der Waals surface area contributed by atoms with Crippen LogP contribution in [0.25, 0.3) is 0 Å². The summed E-state index contributed by atoms with van der Waals surface area (Å²) in [5.74, 6) is -0.834. The molecule has 0 spiro atoms. The van der Waals surface area contributed by atoms with Gasteiger partial charge in [-0.15, -0.1) is 0 Å². The van der Waals surface area contributed by atoms with E-state index < -0.39 is 21.1 Å². The van der Waals surface area contributed by atoms with Crippen molar-refractivity contribution in [1.82, 2.24) is 0 Å². The van der Waals surface area contributed by atoms with Crippen molar-refractivity contribution >= 4 is 27.4 Å². The first-order chi connectivity index (χ1) is 8.46. The molecule has 1 atom stereocenters. The van der Waals surface area contributed by atoms with Crippen molar-refractivity contribution in [3.63, 3.8) is 0 Å². The molecule has 0 radical (unpaired) electrons. The van der Waals surface area contributed by atoms with Gasteiger partial charge in [0, 0.05) is 5.02 Å². The average molecular weight is 289 g/mol. The van der Waals surface area contributed by atoms with E-state index in [4.69, 9.17) is 11.6 Å². The molecule has 0 heterocycles. The van der Waals surface area contributed by atoms with Gasteiger partial charge in [-0.1, -0.05) is 17.7 Å². The van der Waals surface area contributed by atoms with Crippen LogP contribution in [0.15, 0.2) is 29.2 Å². The van der Waals surface area contributed by atoms with E-state index in [1.54, 1.807) is 12.1 Å². The maximum Gasteiger partial charge on any atom is 0.324 e. The molecule has 1 unspecified atom stereocenters. The number of carbonyl (C=O) groups is 1. The Labute approximate surface area is 111 Å². The van der Waals surface area contributed by atoms with Gasteiger partial charge < -0.3 is 4.74 Å². The van der Waals surface area contributed by atoms with Crippen LogP contribution < -0.4 is 0 Å². The van der Waals surface area contributed by atoms with Crippen LogP contribution in [0.1, 0.15) is 12.8 Å². The second-order valence-corrected chi connectivity index (χ2v) is 6.79. The fraction of sp³-hybridized carbons (Fsp3) is 0.417. The topological polar surface area (TPSA) is 60.4 Å². The van der Waals surface area contributed by atoms with Gasteiger partial charge in [0.1, 0.15) is 0 Å². The van der Waals surface area contributed by atoms with Gasteiger partial charge in [-0.25, -0.2) is 8.42 Å². The van der Waals surface area contributed by atoms with Crippen LogP contribution >= 0.6 is 11.6 Å². The van der Waals surface area contributed by atoms with E-state index >= 15 is 0 Å². The molecule has 1 aliphatic rings. The minimum absolute atomic E-state index is 0.0669. The highest BCUT2D eigenvalue weighted by atomic mass is 35.5. The summed E-state index contributed by atoms with van der Waals surface area (Å²) in [5.41, 5.74) is 0. The maximum absolute atomic E-state index is 12.4. The molecule has 4 nitrogen and oxygen atoms in total. The average Bonchev–Trinajstić information content (AvgIpc) is 3.13. The van der Waals surface area contributed by atoms with Crippen LogP contribution in [0.3, 0.4) is 0 Å². The van der Waals surface area contributed by atoms with Crippen molar-refractivity contribution in [3.8, 4) is 0 Å². The smallest absolute Gasteiger partial charge is 0.324 e. The molecule has 18 heavy (non-hydrogen) atoms. The lowest BCUT2D eigenvalue weighted by Crippen LogP contribution is -2.33. The van der Waals surface area contributed by atoms with Gasteiger partial charge >= 0.3 is 5.97 Å². The Morgan fingerprint density at radius 1 is 1.44 bits per heavy atom. The molecule has 0 aromatic heterocycles. The van der Waals surface area contributed by atoms with Gasteiger partial charge in [-0.05, 0) is 37.0 Å². The number of esters is 1. The molecule has 1 saturated carbocycles. The highest BCUT2D eigenvalue weighted by Gasteiger charge is 2.46. The lowest BCUT2D eigenvalue weighted by Gasteiger charge is -2.14. The first-order valence-electron chi connectivity index (χ1n) is 5.54. The fourth-order valence-corrected chi connectivity index (χ4v) is 4.11. The van der Waals surface area contributed by atoms with E-state index in [9.17, 15) is 13.2 Å². The Morgan fingerprint density at radius 2 is 2.11 bits per heavy atom. The highest BCUT2D eigenvalue weighted by molar-refractivity contribution is 7.92. The minimum Gasteiger partial charge on any atom is -0.468 e. The first-order valence-corrected chi connectivity index (χ1v) is 7.46. The van der Waals surface area contributed by atoms with Gasteiger partial charge in [-0.2, -0.15) is 0 Å². The summed E-state index contributed by atoms with van der Waals surface area (Å²) in [5, 5.41) is -0.781. The Hall–Kier alpha value is -1.07. The second-order valence-electron chi connectivity index (χ2n) is 4.28. The first kappa shape index (κ1) is 13.4. The predicted molar refractivity (Wildman–Crippen MR) is 67.2 cm³/mol. The summed E-state index contributed by atoms with van der Waals surface area (Å²) in [6.45, 7) is 0. The summed E-state index contributed by atoms with van der Waals surface area (Å²) in [6.07, 6.45) is 1.47. The zero-order chi connectivity index (χ0) is 13.3. The molecular formula is C12H13ClO4S. The lowest BCUT2D eigenvalue weighted by atomic mass is 10.3. The van der Waals surface area contributed by atoms with Crippen molar-refractivity contribution in [2.75, 3.05) is 7.11 Å². The Morgan fingerprint density at radius 3 is 2.61 bits per heavy atom. The molecule has 2 rings (SSSR count). The molecule has 0 saturated heterocycles. The van der Waals surface area contributed by atoms with Crippen LogP contribution in [0.2, 0.25) is 5.02 Å². The van der Waals surface area contributed by atoms with E-state index in [1.165, 1.54) is 19.2 Å². The molecule has 1 aliphatic carbocycles. The summed E-state index contributed by atoms with van der Waals surface area (Å²) in [4.78, 5) is 11.7. The minimum atomic E-state index is -3.73. The maximum atomic E-state index is 12.4. The summed E-state index contributed by atoms with van der Waals surface area (Å²) >= 11 is 5.78. The van der Waals surface area contributed by atoms with E-state index in [-0.39, 0.29) is 10.8 Å². The Kier molecular flexibility index (Phi) is 3.64. The predicted octanol–water partition coefficient (Wildman–Crippen LogP) is 2.07. The van der Waals surface area contributed by atoms with Crippen molar-refractivity contribution < 1.29 is 17.9 Å². The third-order valence-corrected chi connectivity index (χ3v) is 5.33. The molecule has 1 aromatic rings. The largest absolute Gasteiger partial charge is 0.468 e. The van der Waals surface area contributed by atoms with Crippen LogP contribution in [-0.2, 0) is 19.4 Å². The molecular weight excluding hydrogens is 276 g/mol. The van der Waals surface area contributed by atoms with Gasteiger partial charge in [0.25, 0.3) is 0 Å². The van der Waals surface area contributed by atoms with Crippen molar-refractivity contribution in [2.24, 2.45) is 5.92 Å². The number of carbonyl (C=O) groups excluding carboxylic acids is 1. The van der Waals surface area contributed by atoms with Gasteiger partial charge in [0.15, 0.2) is 15.1 Å². The van der Waals surface area contributed by atoms with Crippen molar-refractivity contribution in [3.05, 3.63) is 29.3 Å². The third-order valence-electron chi connectivity index (χ3n) is 2.94. The molecule has 0 bridgehead atoms. The number of hydrogen-bond donors (Lipinski definition) is 0. The summed E-state index contributed by atoms with van der Waals surface area (Å²) in [6, 6.07) is 5.94. The molecule has 0 amide bonds. The van der Waals surface area contributed by atoms with E-state index in [2.05, 4.69) is 4.74 Å². The normalized spacial score (nSPS) is 17.2. The fourth-order valence-electron chi connectivity index (χ4n) is 1.88. The van der Waals surface area contributed by atoms with Crippen LogP contribution in [0.4, 0.5) is 0 Å². The number of ether oxygens (including phenoxy) is 1. The zero-order valence-corrected chi connectivity index (χ0v) is 11.4. The molecule has 1 aromatic carbocycles. The number of benzene rings is 1. The van der Waals surface area contributed by atoms with Gasteiger partial charge in [0.05, 0.1) is 12.0 Å². The molecule has 0 N–H and O–H groups in total. The number of halogens is 1. The lowest BCUT2D eigenvalue weighted by molar-refractivity contribution is -0.140. The van der Waals surface area contributed by atoms with Crippen LogP contribution in [-0.4, -0.2) is 26.7 Å². The van der Waals surface area contributed by atoms with E-state index in [0.29, 0.717) is 5.02 Å². The third kappa shape index (κ3) is 2.52. The monoisotopic (exact) mass is 288 g/mol. The molecule has 0 aliphatic heterocycles. The quantitative estimate of drug-likeness (QED) is 0.796. The highest BCUT2D eigenvalue weighted by Crippen LogP contribution is 2.39.